The Bertz CT molecular complexity index is 672. The van der Waals surface area contributed by atoms with Crippen LogP contribution in [0.2, 0.25) is 0 Å². The lowest BCUT2D eigenvalue weighted by Crippen LogP contribution is -2.52. The van der Waals surface area contributed by atoms with Gasteiger partial charge in [0.15, 0.2) is 0 Å². The highest BCUT2D eigenvalue weighted by molar-refractivity contribution is 7.89. The first-order valence-corrected chi connectivity index (χ1v) is 9.68. The Morgan fingerprint density at radius 3 is 2.21 bits per heavy atom. The van der Waals surface area contributed by atoms with Crippen molar-refractivity contribution in [3.8, 4) is 0 Å². The summed E-state index contributed by atoms with van der Waals surface area (Å²) in [5, 5.41) is 0. The van der Waals surface area contributed by atoms with Crippen molar-refractivity contribution in [1.82, 2.24) is 9.79 Å². The van der Waals surface area contributed by atoms with E-state index in [1.165, 1.54) is 12.1 Å². The molecule has 0 atom stereocenters. The van der Waals surface area contributed by atoms with E-state index in [0.29, 0.717) is 0 Å². The summed E-state index contributed by atoms with van der Waals surface area (Å²) in [6, 6.07) is 6.42. The van der Waals surface area contributed by atoms with Crippen LogP contribution in [0.25, 0.3) is 0 Å². The molecule has 0 unspecified atom stereocenters. The van der Waals surface area contributed by atoms with Gasteiger partial charge in [0.05, 0.1) is 4.90 Å². The van der Waals surface area contributed by atoms with Crippen LogP contribution >= 0.6 is 0 Å². The first-order valence-electron chi connectivity index (χ1n) is 8.20. The number of hydrogen-bond acceptors (Lipinski definition) is 4. The Kier molecular flexibility index (Phi) is 5.55. The van der Waals surface area contributed by atoms with Gasteiger partial charge in [-0.3, -0.25) is 4.90 Å². The molecule has 7 heteroatoms. The van der Waals surface area contributed by atoms with Crippen LogP contribution < -0.4 is 4.89 Å². The maximum absolute atomic E-state index is 12.5. The van der Waals surface area contributed by atoms with Gasteiger partial charge in [-0.1, -0.05) is 30.5 Å². The Labute approximate surface area is 144 Å². The molecule has 1 N–H and O–H groups in total. The molecule has 1 aliphatic rings. The van der Waals surface area contributed by atoms with Gasteiger partial charge in [-0.2, -0.15) is 0 Å². The number of aryl methyl sites for hydroxylation is 1. The van der Waals surface area contributed by atoms with Crippen molar-refractivity contribution in [3.63, 3.8) is 0 Å². The number of benzene rings is 1. The Morgan fingerprint density at radius 1 is 1.17 bits per heavy atom. The molecule has 1 saturated carbocycles. The molecule has 1 aromatic carbocycles. The number of amides is 1. The van der Waals surface area contributed by atoms with Crippen molar-refractivity contribution in [2.24, 2.45) is 0 Å². The lowest BCUT2D eigenvalue weighted by molar-refractivity contribution is 0.0326. The maximum Gasteiger partial charge on any atom is 0.430 e. The summed E-state index contributed by atoms with van der Waals surface area (Å²) in [6.07, 6.45) is 3.30. The number of carbonyl (C=O) groups excluding carboxylic acids is 1. The van der Waals surface area contributed by atoms with E-state index in [0.717, 1.165) is 31.2 Å². The third kappa shape index (κ3) is 4.48. The number of rotatable bonds is 4. The highest BCUT2D eigenvalue weighted by Crippen LogP contribution is 2.29. The molecule has 134 valence electrons. The predicted molar refractivity (Wildman–Crippen MR) is 91.8 cm³/mol. The summed E-state index contributed by atoms with van der Waals surface area (Å²) in [6.45, 7) is 7.62. The molecule has 0 aliphatic heterocycles. The number of carbonyl (C=O) groups is 1. The van der Waals surface area contributed by atoms with Gasteiger partial charge in [0, 0.05) is 11.6 Å². The third-order valence-electron chi connectivity index (χ3n) is 4.18. The minimum atomic E-state index is -3.89. The topological polar surface area (TPSA) is 75.7 Å². The van der Waals surface area contributed by atoms with Crippen molar-refractivity contribution >= 4 is 16.1 Å². The van der Waals surface area contributed by atoms with E-state index in [4.69, 9.17) is 4.84 Å². The number of sulfonamides is 1. The molecule has 24 heavy (non-hydrogen) atoms. The highest BCUT2D eigenvalue weighted by atomic mass is 32.2. The van der Waals surface area contributed by atoms with E-state index < -0.39 is 21.7 Å². The van der Waals surface area contributed by atoms with Crippen LogP contribution in [0.4, 0.5) is 4.79 Å². The Balaban J connectivity index is 2.08. The molecule has 0 saturated heterocycles. The minimum absolute atomic E-state index is 0.0593. The molecule has 0 heterocycles. The van der Waals surface area contributed by atoms with Crippen LogP contribution in [-0.4, -0.2) is 31.0 Å². The molecular weight excluding hydrogens is 328 g/mol. The number of hydrogen-bond donors (Lipinski definition) is 1. The van der Waals surface area contributed by atoms with Crippen LogP contribution in [-0.2, 0) is 14.9 Å². The fourth-order valence-electron chi connectivity index (χ4n) is 3.04. The van der Waals surface area contributed by atoms with Crippen LogP contribution in [0, 0.1) is 6.92 Å². The number of nitrogens with one attached hydrogen (secondary N) is 1. The van der Waals surface area contributed by atoms with Crippen molar-refractivity contribution < 1.29 is 18.0 Å². The summed E-state index contributed by atoms with van der Waals surface area (Å²) in [5.74, 6) is 0. The van der Waals surface area contributed by atoms with Gasteiger partial charge < -0.3 is 4.84 Å². The second-order valence-corrected chi connectivity index (χ2v) is 8.89. The smallest absolute Gasteiger partial charge is 0.338 e. The summed E-state index contributed by atoms with van der Waals surface area (Å²) >= 11 is 0. The summed E-state index contributed by atoms with van der Waals surface area (Å²) < 4.78 is 24.5. The Morgan fingerprint density at radius 2 is 1.71 bits per heavy atom. The van der Waals surface area contributed by atoms with Gasteiger partial charge in [0.2, 0.25) is 0 Å². The molecule has 1 amide bonds. The normalized spacial score (nSPS) is 16.2. The zero-order valence-corrected chi connectivity index (χ0v) is 15.5. The fourth-order valence-corrected chi connectivity index (χ4v) is 3.81. The van der Waals surface area contributed by atoms with Crippen molar-refractivity contribution in [3.05, 3.63) is 29.8 Å². The van der Waals surface area contributed by atoms with Gasteiger partial charge in [-0.25, -0.2) is 13.2 Å². The summed E-state index contributed by atoms with van der Waals surface area (Å²) in [4.78, 5) is 21.1. The third-order valence-corrected chi connectivity index (χ3v) is 5.37. The molecular formula is C17H26N2O4S. The molecule has 0 spiro atoms. The van der Waals surface area contributed by atoms with Gasteiger partial charge in [-0.05, 0) is 57.6 Å². The van der Waals surface area contributed by atoms with Gasteiger partial charge in [0.25, 0.3) is 10.0 Å². The second-order valence-electron chi connectivity index (χ2n) is 7.25. The molecule has 1 aliphatic carbocycles. The zero-order chi connectivity index (χ0) is 18.0. The maximum atomic E-state index is 12.5. The van der Waals surface area contributed by atoms with Crippen LogP contribution in [0.1, 0.15) is 52.0 Å². The minimum Gasteiger partial charge on any atom is -0.338 e. The van der Waals surface area contributed by atoms with Crippen LogP contribution in [0.15, 0.2) is 29.2 Å². The van der Waals surface area contributed by atoms with Crippen LogP contribution in [0.5, 0.6) is 0 Å². The van der Waals surface area contributed by atoms with E-state index in [9.17, 15) is 13.2 Å². The monoisotopic (exact) mass is 354 g/mol. The van der Waals surface area contributed by atoms with Gasteiger partial charge in [0.1, 0.15) is 0 Å². The largest absolute Gasteiger partial charge is 0.430 e. The van der Waals surface area contributed by atoms with E-state index in [1.54, 1.807) is 17.0 Å². The lowest BCUT2D eigenvalue weighted by Gasteiger charge is -2.39. The lowest BCUT2D eigenvalue weighted by atomic mass is 10.0. The molecule has 0 bridgehead atoms. The quantitative estimate of drug-likeness (QED) is 0.841. The first kappa shape index (κ1) is 18.7. The van der Waals surface area contributed by atoms with E-state index in [-0.39, 0.29) is 10.9 Å². The fraction of sp³-hybridized carbons (Fsp3) is 0.588. The second kappa shape index (κ2) is 7.11. The highest BCUT2D eigenvalue weighted by Gasteiger charge is 2.36. The van der Waals surface area contributed by atoms with Crippen molar-refractivity contribution in [2.75, 3.05) is 0 Å². The molecule has 1 fully saturated rings. The average molecular weight is 354 g/mol. The zero-order valence-electron chi connectivity index (χ0n) is 14.7. The van der Waals surface area contributed by atoms with Gasteiger partial charge in [-0.15, -0.1) is 0 Å². The molecule has 0 radical (unpaired) electrons. The summed E-state index contributed by atoms with van der Waals surface area (Å²) in [7, 11) is -3.89. The first-order chi connectivity index (χ1) is 11.1. The van der Waals surface area contributed by atoms with Crippen LogP contribution in [0.3, 0.4) is 0 Å². The van der Waals surface area contributed by atoms with Gasteiger partial charge >= 0.3 is 6.09 Å². The summed E-state index contributed by atoms with van der Waals surface area (Å²) in [5.41, 5.74) is 0.507. The number of nitrogens with zero attached hydrogens (tertiary/aromatic N) is 1. The van der Waals surface area contributed by atoms with E-state index >= 15 is 0 Å². The average Bonchev–Trinajstić information content (AvgIpc) is 2.98. The molecule has 0 aromatic heterocycles. The SMILES string of the molecule is Cc1ccc(S(=O)(=O)NOC(=O)N(C2CCCC2)C(C)(C)C)cc1. The van der Waals surface area contributed by atoms with E-state index in [1.807, 2.05) is 32.6 Å². The van der Waals surface area contributed by atoms with E-state index in [2.05, 4.69) is 0 Å². The predicted octanol–water partition coefficient (Wildman–Crippen LogP) is 3.37. The Hall–Kier alpha value is -1.60. The van der Waals surface area contributed by atoms with Crippen molar-refractivity contribution in [2.45, 2.75) is 69.9 Å². The van der Waals surface area contributed by atoms with Crippen molar-refractivity contribution in [1.29, 1.82) is 0 Å². The molecule has 1 aromatic rings. The molecule has 6 nitrogen and oxygen atoms in total. The molecule has 2 rings (SSSR count). The standard InChI is InChI=1S/C17H26N2O4S/c1-13-9-11-15(12-10-13)24(21,22)18-23-16(20)19(17(2,3)4)14-7-5-6-8-14/h9-12,14,18H,5-8H2,1-4H3.